The van der Waals surface area contributed by atoms with Crippen LogP contribution in [0.2, 0.25) is 10.4 Å². The Morgan fingerprint density at radius 3 is 2.88 bits per heavy atom. The van der Waals surface area contributed by atoms with E-state index < -0.39 is 0 Å². The summed E-state index contributed by atoms with van der Waals surface area (Å²) in [5, 5.41) is 9.57. The second-order valence-electron chi connectivity index (χ2n) is 3.81. The average molecular weight is 278 g/mol. The second kappa shape index (κ2) is 5.25. The van der Waals surface area contributed by atoms with Gasteiger partial charge in [0.05, 0.1) is 19.8 Å². The van der Waals surface area contributed by atoms with E-state index in [-0.39, 0.29) is 23.1 Å². The minimum Gasteiger partial charge on any atom is -0.490 e. The highest BCUT2D eigenvalue weighted by molar-refractivity contribution is 6.33. The number of ether oxygens (including phenoxy) is 1. The van der Waals surface area contributed by atoms with Crippen molar-refractivity contribution >= 4 is 29.0 Å². The number of hydrogen-bond acceptors (Lipinski definition) is 5. The number of aliphatic hydroxyl groups excluding tert-OH is 1. The molecule has 1 atom stereocenters. The molecule has 2 heterocycles. The summed E-state index contributed by atoms with van der Waals surface area (Å²) in [4.78, 5) is 9.93. The number of rotatable bonds is 3. The fourth-order valence-corrected chi connectivity index (χ4v) is 2.51. The summed E-state index contributed by atoms with van der Waals surface area (Å²) < 4.78 is 5.20. The van der Waals surface area contributed by atoms with Crippen molar-refractivity contribution in [1.29, 1.82) is 0 Å². The maximum Gasteiger partial charge on any atom is 0.226 e. The molecule has 94 valence electrons. The van der Waals surface area contributed by atoms with Crippen LogP contribution in [0.5, 0.6) is 5.75 Å². The Labute approximate surface area is 109 Å². The molecule has 0 spiro atoms. The fourth-order valence-electron chi connectivity index (χ4n) is 2.06. The van der Waals surface area contributed by atoms with Crippen molar-refractivity contribution in [3.8, 4) is 5.75 Å². The zero-order valence-corrected chi connectivity index (χ0v) is 10.9. The largest absolute Gasteiger partial charge is 0.490 e. The minimum absolute atomic E-state index is 0.0333. The third-order valence-corrected chi connectivity index (χ3v) is 3.27. The molecular weight excluding hydrogens is 265 g/mol. The summed E-state index contributed by atoms with van der Waals surface area (Å²) in [5.74, 6) is 0.950. The molecule has 0 aliphatic carbocycles. The summed E-state index contributed by atoms with van der Waals surface area (Å²) in [7, 11) is 1.51. The first kappa shape index (κ1) is 12.7. The first-order chi connectivity index (χ1) is 8.17. The molecule has 1 aliphatic rings. The highest BCUT2D eigenvalue weighted by Crippen LogP contribution is 2.36. The van der Waals surface area contributed by atoms with Crippen molar-refractivity contribution < 1.29 is 9.84 Å². The number of hydrogen-bond donors (Lipinski definition) is 1. The van der Waals surface area contributed by atoms with Crippen LogP contribution in [-0.4, -0.2) is 41.4 Å². The molecule has 1 N–H and O–H groups in total. The Balaban J connectivity index is 2.42. The first-order valence-corrected chi connectivity index (χ1v) is 6.07. The molecule has 0 saturated carbocycles. The van der Waals surface area contributed by atoms with E-state index >= 15 is 0 Å². The molecule has 17 heavy (non-hydrogen) atoms. The molecular formula is C10H13Cl2N3O2. The molecule has 1 aromatic rings. The fraction of sp³-hybridized carbons (Fsp3) is 0.600. The number of halogens is 2. The van der Waals surface area contributed by atoms with Crippen LogP contribution in [0.4, 0.5) is 5.82 Å². The Hall–Kier alpha value is -0.780. The molecule has 0 amide bonds. The van der Waals surface area contributed by atoms with E-state index in [1.165, 1.54) is 7.11 Å². The molecule has 0 radical (unpaired) electrons. The van der Waals surface area contributed by atoms with Gasteiger partial charge in [-0.3, -0.25) is 0 Å². The van der Waals surface area contributed by atoms with Gasteiger partial charge in [0.2, 0.25) is 5.28 Å². The third-order valence-electron chi connectivity index (χ3n) is 2.84. The number of nitrogens with zero attached hydrogens (tertiary/aromatic N) is 3. The van der Waals surface area contributed by atoms with Gasteiger partial charge < -0.3 is 14.7 Å². The predicted molar refractivity (Wildman–Crippen MR) is 66.1 cm³/mol. The zero-order chi connectivity index (χ0) is 12.4. The second-order valence-corrected chi connectivity index (χ2v) is 4.51. The smallest absolute Gasteiger partial charge is 0.226 e. The lowest BCUT2D eigenvalue weighted by Crippen LogP contribution is -2.33. The molecule has 0 bridgehead atoms. The Kier molecular flexibility index (Phi) is 3.91. The summed E-state index contributed by atoms with van der Waals surface area (Å²) in [6, 6.07) is 0.0333. The summed E-state index contributed by atoms with van der Waals surface area (Å²) in [5.41, 5.74) is 0. The van der Waals surface area contributed by atoms with E-state index in [1.807, 2.05) is 4.90 Å². The number of aliphatic hydroxyl groups is 1. The van der Waals surface area contributed by atoms with Gasteiger partial charge in [-0.05, 0) is 24.4 Å². The third kappa shape index (κ3) is 2.41. The van der Waals surface area contributed by atoms with Crippen molar-refractivity contribution in [2.24, 2.45) is 0 Å². The highest BCUT2D eigenvalue weighted by atomic mass is 35.5. The van der Waals surface area contributed by atoms with E-state index in [2.05, 4.69) is 9.97 Å². The molecule has 1 aliphatic heterocycles. The van der Waals surface area contributed by atoms with Crippen LogP contribution in [0.25, 0.3) is 0 Å². The van der Waals surface area contributed by atoms with Crippen LogP contribution in [-0.2, 0) is 0 Å². The summed E-state index contributed by atoms with van der Waals surface area (Å²) in [6.45, 7) is 0.869. The number of methoxy groups -OCH3 is 1. The zero-order valence-electron chi connectivity index (χ0n) is 9.36. The van der Waals surface area contributed by atoms with Gasteiger partial charge in [-0.1, -0.05) is 11.6 Å². The molecule has 5 nitrogen and oxygen atoms in total. The average Bonchev–Trinajstić information content (AvgIpc) is 2.75. The molecule has 0 aromatic carbocycles. The summed E-state index contributed by atoms with van der Waals surface area (Å²) >= 11 is 11.8. The van der Waals surface area contributed by atoms with Crippen molar-refractivity contribution in [3.05, 3.63) is 10.4 Å². The lowest BCUT2D eigenvalue weighted by Gasteiger charge is -2.25. The SMILES string of the molecule is COc1c(Cl)nc(Cl)nc1N1CCC[C@H]1CO. The Bertz CT molecular complexity index is 417. The molecule has 1 aromatic heterocycles. The van der Waals surface area contributed by atoms with E-state index in [9.17, 15) is 5.11 Å². The molecule has 2 rings (SSSR count). The van der Waals surface area contributed by atoms with Gasteiger partial charge in [-0.2, -0.15) is 4.98 Å². The minimum atomic E-state index is 0.0333. The van der Waals surface area contributed by atoms with E-state index in [4.69, 9.17) is 27.9 Å². The quantitative estimate of drug-likeness (QED) is 0.674. The maximum atomic E-state index is 9.31. The molecule has 0 unspecified atom stereocenters. The van der Waals surface area contributed by atoms with Gasteiger partial charge >= 0.3 is 0 Å². The molecule has 1 fully saturated rings. The molecule has 1 saturated heterocycles. The van der Waals surface area contributed by atoms with E-state index in [0.717, 1.165) is 19.4 Å². The van der Waals surface area contributed by atoms with Crippen LogP contribution in [0.1, 0.15) is 12.8 Å². The Morgan fingerprint density at radius 1 is 1.47 bits per heavy atom. The monoisotopic (exact) mass is 277 g/mol. The van der Waals surface area contributed by atoms with Crippen molar-refractivity contribution in [3.63, 3.8) is 0 Å². The van der Waals surface area contributed by atoms with E-state index in [1.54, 1.807) is 0 Å². The van der Waals surface area contributed by atoms with Gasteiger partial charge in [-0.15, -0.1) is 0 Å². The van der Waals surface area contributed by atoms with Gasteiger partial charge in [0.1, 0.15) is 0 Å². The van der Waals surface area contributed by atoms with Gasteiger partial charge in [0.25, 0.3) is 0 Å². The van der Waals surface area contributed by atoms with Crippen LogP contribution < -0.4 is 9.64 Å². The van der Waals surface area contributed by atoms with Crippen molar-refractivity contribution in [1.82, 2.24) is 9.97 Å². The summed E-state index contributed by atoms with van der Waals surface area (Å²) in [6.07, 6.45) is 1.91. The van der Waals surface area contributed by atoms with E-state index in [0.29, 0.717) is 11.6 Å². The van der Waals surface area contributed by atoms with Crippen LogP contribution in [0, 0.1) is 0 Å². The van der Waals surface area contributed by atoms with Gasteiger partial charge in [-0.25, -0.2) is 4.98 Å². The first-order valence-electron chi connectivity index (χ1n) is 5.32. The maximum absolute atomic E-state index is 9.31. The highest BCUT2D eigenvalue weighted by Gasteiger charge is 2.29. The Morgan fingerprint density at radius 2 is 2.24 bits per heavy atom. The van der Waals surface area contributed by atoms with Gasteiger partial charge in [0.15, 0.2) is 16.7 Å². The van der Waals surface area contributed by atoms with Crippen LogP contribution in [0.3, 0.4) is 0 Å². The predicted octanol–water partition coefficient (Wildman–Crippen LogP) is 1.75. The standard InChI is InChI=1S/C10H13Cl2N3O2/c1-17-7-8(11)13-10(12)14-9(7)15-4-2-3-6(15)5-16/h6,16H,2-5H2,1H3/t6-/m0/s1. The lowest BCUT2D eigenvalue weighted by molar-refractivity contribution is 0.265. The number of aromatic nitrogens is 2. The van der Waals surface area contributed by atoms with Crippen LogP contribution >= 0.6 is 23.2 Å². The van der Waals surface area contributed by atoms with Gasteiger partial charge in [0, 0.05) is 6.54 Å². The van der Waals surface area contributed by atoms with Crippen molar-refractivity contribution in [2.75, 3.05) is 25.2 Å². The van der Waals surface area contributed by atoms with Crippen LogP contribution in [0.15, 0.2) is 0 Å². The lowest BCUT2D eigenvalue weighted by atomic mass is 10.2. The normalized spacial score (nSPS) is 19.8. The number of anilines is 1. The molecule has 7 heteroatoms. The van der Waals surface area contributed by atoms with Crippen molar-refractivity contribution in [2.45, 2.75) is 18.9 Å². The topological polar surface area (TPSA) is 58.5 Å².